The number of amides is 2. The lowest BCUT2D eigenvalue weighted by molar-refractivity contribution is -0.125. The van der Waals surface area contributed by atoms with Gasteiger partial charge in [0.2, 0.25) is 5.91 Å². The molecule has 1 spiro atoms. The molecule has 1 aromatic heterocycles. The Morgan fingerprint density at radius 3 is 2.70 bits per heavy atom. The molecule has 0 bridgehead atoms. The summed E-state index contributed by atoms with van der Waals surface area (Å²) in [6.45, 7) is 3.02. The van der Waals surface area contributed by atoms with E-state index in [9.17, 15) is 19.1 Å². The van der Waals surface area contributed by atoms with E-state index < -0.39 is 24.1 Å². The van der Waals surface area contributed by atoms with Crippen molar-refractivity contribution in [2.75, 3.05) is 31.2 Å². The molecule has 0 aliphatic heterocycles. The molecule has 1 saturated carbocycles. The van der Waals surface area contributed by atoms with Gasteiger partial charge < -0.3 is 25.8 Å². The molecule has 0 radical (unpaired) electrons. The van der Waals surface area contributed by atoms with Crippen LogP contribution in [0.25, 0.3) is 11.3 Å². The molecule has 5 rings (SSSR count). The van der Waals surface area contributed by atoms with Gasteiger partial charge in [-0.25, -0.2) is 18.7 Å². The number of ether oxygens (including phenoxy) is 1. The molecule has 3 aromatic rings. The fourth-order valence-corrected chi connectivity index (χ4v) is 5.26. The van der Waals surface area contributed by atoms with E-state index in [0.29, 0.717) is 0 Å². The molecule has 0 saturated heterocycles. The molecule has 2 aliphatic carbocycles. The maximum atomic E-state index is 15.1. The van der Waals surface area contributed by atoms with E-state index in [1.807, 2.05) is 0 Å². The number of hydrogen-bond donors (Lipinski definition) is 3. The molecular formula is C29H29F2N5O4. The second kappa shape index (κ2) is 10.6. The highest BCUT2D eigenvalue weighted by molar-refractivity contribution is 6.05. The number of rotatable bonds is 9. The Labute approximate surface area is 229 Å². The predicted octanol–water partition coefficient (Wildman–Crippen LogP) is 3.75. The average molecular weight is 550 g/mol. The molecule has 11 heteroatoms. The van der Waals surface area contributed by atoms with Gasteiger partial charge in [-0.15, -0.1) is 0 Å². The minimum absolute atomic E-state index is 0.00686. The molecule has 2 aromatic carbocycles. The number of aromatic nitrogens is 2. The number of nitrogens with zero attached hydrogens (tertiary/aromatic N) is 3. The van der Waals surface area contributed by atoms with E-state index in [2.05, 4.69) is 21.9 Å². The van der Waals surface area contributed by atoms with Crippen LogP contribution >= 0.6 is 0 Å². The second-order valence-corrected chi connectivity index (χ2v) is 10.1. The lowest BCUT2D eigenvalue weighted by Crippen LogP contribution is -2.29. The predicted molar refractivity (Wildman–Crippen MR) is 145 cm³/mol. The largest absolute Gasteiger partial charge is 0.486 e. The van der Waals surface area contributed by atoms with Crippen LogP contribution in [0.4, 0.5) is 20.3 Å². The second-order valence-electron chi connectivity index (χ2n) is 10.1. The number of aliphatic hydroxyl groups is 1. The van der Waals surface area contributed by atoms with Crippen LogP contribution < -0.4 is 15.8 Å². The molecular weight excluding hydrogens is 520 g/mol. The number of nitrogens with one attached hydrogen (secondary N) is 1. The third-order valence-corrected chi connectivity index (χ3v) is 7.67. The van der Waals surface area contributed by atoms with Gasteiger partial charge in [0.25, 0.3) is 5.91 Å². The van der Waals surface area contributed by atoms with E-state index in [1.54, 1.807) is 13.1 Å². The van der Waals surface area contributed by atoms with Crippen LogP contribution in [0.2, 0.25) is 0 Å². The van der Waals surface area contributed by atoms with E-state index in [4.69, 9.17) is 10.5 Å². The summed E-state index contributed by atoms with van der Waals surface area (Å²) >= 11 is 0. The molecule has 40 heavy (non-hydrogen) atoms. The third-order valence-electron chi connectivity index (χ3n) is 7.67. The number of fused-ring (bicyclic) bond motifs is 2. The zero-order valence-electron chi connectivity index (χ0n) is 22.0. The Hall–Kier alpha value is -4.38. The number of nitrogen functional groups attached to an aromatic ring is 1. The summed E-state index contributed by atoms with van der Waals surface area (Å²) in [5, 5.41) is 12.8. The summed E-state index contributed by atoms with van der Waals surface area (Å²) in [5.74, 6) is -2.50. The van der Waals surface area contributed by atoms with Crippen LogP contribution in [-0.4, -0.2) is 52.0 Å². The molecule has 208 valence electrons. The molecule has 2 amide bonds. The number of benzene rings is 2. The minimum atomic E-state index is -0.767. The van der Waals surface area contributed by atoms with Crippen LogP contribution in [0.15, 0.2) is 43.2 Å². The summed E-state index contributed by atoms with van der Waals surface area (Å²) in [6, 6.07) is 5.17. The average Bonchev–Trinajstić information content (AvgIpc) is 3.64. The lowest BCUT2D eigenvalue weighted by Gasteiger charge is -2.19. The van der Waals surface area contributed by atoms with E-state index in [-0.39, 0.29) is 64.1 Å². The Balaban J connectivity index is 1.45. The number of aryl methyl sites for hydroxylation is 1. The van der Waals surface area contributed by atoms with Gasteiger partial charge in [0.05, 0.1) is 24.4 Å². The van der Waals surface area contributed by atoms with Crippen LogP contribution in [-0.2, 0) is 23.2 Å². The quantitative estimate of drug-likeness (QED) is 0.347. The first-order chi connectivity index (χ1) is 19.2. The number of halogens is 2. The Kier molecular flexibility index (Phi) is 7.24. The molecule has 0 unspecified atom stereocenters. The van der Waals surface area contributed by atoms with Gasteiger partial charge in [0.1, 0.15) is 30.3 Å². The summed E-state index contributed by atoms with van der Waals surface area (Å²) in [6.07, 6.45) is 6.10. The molecule has 1 heterocycles. The fourth-order valence-electron chi connectivity index (χ4n) is 5.26. The molecule has 4 N–H and O–H groups in total. The number of carbonyl (C=O) groups is 2. The van der Waals surface area contributed by atoms with Crippen molar-refractivity contribution in [2.24, 2.45) is 0 Å². The summed E-state index contributed by atoms with van der Waals surface area (Å²) < 4.78 is 35.7. The van der Waals surface area contributed by atoms with Crippen molar-refractivity contribution in [3.63, 3.8) is 0 Å². The smallest absolute Gasteiger partial charge is 0.258 e. The Bertz CT molecular complexity index is 1520. The molecule has 0 atom stereocenters. The summed E-state index contributed by atoms with van der Waals surface area (Å²) in [7, 11) is 1.57. The van der Waals surface area contributed by atoms with Crippen molar-refractivity contribution in [1.29, 1.82) is 0 Å². The summed E-state index contributed by atoms with van der Waals surface area (Å²) in [5.41, 5.74) is 8.09. The van der Waals surface area contributed by atoms with Gasteiger partial charge in [-0.3, -0.25) is 9.59 Å². The maximum Gasteiger partial charge on any atom is 0.258 e. The third kappa shape index (κ3) is 5.00. The Morgan fingerprint density at radius 1 is 1.23 bits per heavy atom. The SMILES string of the molecule is C=CC(=O)N(C)CCOc1c(N)ncnc1-c1cc(F)cc(NC(=O)c2cc3c(cc2F)C2(CC3)CC2)c1CO. The zero-order valence-corrected chi connectivity index (χ0v) is 22.0. The zero-order chi connectivity index (χ0) is 28.6. The van der Waals surface area contributed by atoms with Crippen molar-refractivity contribution in [3.8, 4) is 17.0 Å². The molecule has 9 nitrogen and oxygen atoms in total. The topological polar surface area (TPSA) is 131 Å². The molecule has 2 aliphatic rings. The van der Waals surface area contributed by atoms with Crippen LogP contribution in [0.1, 0.15) is 46.3 Å². The highest BCUT2D eigenvalue weighted by Crippen LogP contribution is 2.57. The maximum absolute atomic E-state index is 15.1. The lowest BCUT2D eigenvalue weighted by atomic mass is 9.96. The summed E-state index contributed by atoms with van der Waals surface area (Å²) in [4.78, 5) is 34.4. The number of carbonyl (C=O) groups excluding carboxylic acids is 2. The van der Waals surface area contributed by atoms with Crippen molar-refractivity contribution >= 4 is 23.3 Å². The number of anilines is 2. The van der Waals surface area contributed by atoms with Gasteiger partial charge in [-0.1, -0.05) is 6.58 Å². The van der Waals surface area contributed by atoms with Gasteiger partial charge in [-0.05, 0) is 72.6 Å². The highest BCUT2D eigenvalue weighted by atomic mass is 19.1. The minimum Gasteiger partial charge on any atom is -0.486 e. The Morgan fingerprint density at radius 2 is 2.00 bits per heavy atom. The number of aliphatic hydroxyl groups excluding tert-OH is 1. The van der Waals surface area contributed by atoms with Crippen molar-refractivity contribution in [3.05, 3.63) is 77.1 Å². The van der Waals surface area contributed by atoms with Gasteiger partial charge in [-0.2, -0.15) is 0 Å². The van der Waals surface area contributed by atoms with E-state index in [1.165, 1.54) is 17.0 Å². The number of nitrogens with two attached hydrogens (primary N) is 1. The van der Waals surface area contributed by atoms with E-state index >= 15 is 4.39 Å². The normalized spacial score (nSPS) is 14.5. The van der Waals surface area contributed by atoms with Crippen molar-refractivity contribution in [1.82, 2.24) is 14.9 Å². The van der Waals surface area contributed by atoms with Crippen LogP contribution in [0.3, 0.4) is 0 Å². The first-order valence-electron chi connectivity index (χ1n) is 12.9. The number of likely N-dealkylation sites (N-methyl/N-ethyl adjacent to an activating group) is 1. The number of hydrogen-bond acceptors (Lipinski definition) is 7. The van der Waals surface area contributed by atoms with Crippen molar-refractivity contribution < 1.29 is 28.2 Å². The van der Waals surface area contributed by atoms with Gasteiger partial charge >= 0.3 is 0 Å². The fraction of sp³-hybridized carbons (Fsp3) is 0.310. The van der Waals surface area contributed by atoms with Gasteiger partial charge in [0.15, 0.2) is 11.6 Å². The highest BCUT2D eigenvalue weighted by Gasteiger charge is 2.48. The van der Waals surface area contributed by atoms with Crippen LogP contribution in [0, 0.1) is 11.6 Å². The van der Waals surface area contributed by atoms with Crippen molar-refractivity contribution in [2.45, 2.75) is 37.7 Å². The monoisotopic (exact) mass is 549 g/mol. The van der Waals surface area contributed by atoms with Crippen LogP contribution in [0.5, 0.6) is 5.75 Å². The molecule has 1 fully saturated rings. The standard InChI is InChI=1S/C29H29F2N5O4/c1-3-24(38)36(2)8-9-40-26-25(33-15-34-27(26)32)18-11-17(30)12-23(20(18)14-37)35-28(39)19-10-16-4-5-29(6-7-29)21(16)13-22(19)31/h3,10-13,15,37H,1,4-9,14H2,2H3,(H,35,39)(H2,32,33,34). The van der Waals surface area contributed by atoms with Gasteiger partial charge in [0, 0.05) is 18.2 Å². The van der Waals surface area contributed by atoms with E-state index in [0.717, 1.165) is 55.3 Å². The first-order valence-corrected chi connectivity index (χ1v) is 12.9. The first kappa shape index (κ1) is 27.2.